The van der Waals surface area contributed by atoms with Crippen molar-refractivity contribution < 1.29 is 14.3 Å². The first-order chi connectivity index (χ1) is 11.4. The molecular formula is C17H14Cl3NO3. The van der Waals surface area contributed by atoms with E-state index in [2.05, 4.69) is 5.32 Å². The van der Waals surface area contributed by atoms with Crippen LogP contribution in [0.3, 0.4) is 0 Å². The van der Waals surface area contributed by atoms with E-state index in [4.69, 9.17) is 39.5 Å². The Morgan fingerprint density at radius 3 is 2.25 bits per heavy atom. The first-order valence-corrected chi connectivity index (χ1v) is 8.22. The number of benzene rings is 2. The van der Waals surface area contributed by atoms with E-state index < -0.39 is 5.97 Å². The molecule has 0 spiro atoms. The Hall–Kier alpha value is -1.75. The van der Waals surface area contributed by atoms with E-state index >= 15 is 0 Å². The number of hydrogen-bond donors (Lipinski definition) is 1. The van der Waals surface area contributed by atoms with Crippen LogP contribution in [0.25, 0.3) is 0 Å². The Morgan fingerprint density at radius 1 is 0.917 bits per heavy atom. The number of halogens is 3. The maximum absolute atomic E-state index is 11.8. The summed E-state index contributed by atoms with van der Waals surface area (Å²) in [5.74, 6) is -0.758. The molecule has 0 heterocycles. The Balaban J connectivity index is 1.74. The first-order valence-electron chi connectivity index (χ1n) is 7.09. The molecule has 0 aliphatic rings. The zero-order valence-electron chi connectivity index (χ0n) is 12.5. The van der Waals surface area contributed by atoms with Gasteiger partial charge in [0.05, 0.1) is 6.42 Å². The van der Waals surface area contributed by atoms with Gasteiger partial charge in [0.15, 0.2) is 0 Å². The molecule has 4 nitrogen and oxygen atoms in total. The summed E-state index contributed by atoms with van der Waals surface area (Å²) in [7, 11) is 0. The van der Waals surface area contributed by atoms with Crippen molar-refractivity contribution >= 4 is 52.4 Å². The van der Waals surface area contributed by atoms with E-state index in [1.165, 1.54) is 0 Å². The molecule has 2 aromatic carbocycles. The van der Waals surface area contributed by atoms with Crippen LogP contribution in [0.5, 0.6) is 0 Å². The standard InChI is InChI=1S/C17H14Cl3NO3/c18-12-3-5-14(6-4-12)21-16(22)7-8-17(23)24-10-11-1-2-13(19)9-15(11)20/h1-6,9H,7-8,10H2,(H,21,22). The Kier molecular flexibility index (Phi) is 6.91. The van der Waals surface area contributed by atoms with Gasteiger partial charge in [-0.25, -0.2) is 0 Å². The van der Waals surface area contributed by atoms with E-state index in [0.717, 1.165) is 0 Å². The van der Waals surface area contributed by atoms with Crippen molar-refractivity contribution in [3.05, 3.63) is 63.1 Å². The number of rotatable bonds is 6. The quantitative estimate of drug-likeness (QED) is 0.702. The molecule has 0 aliphatic carbocycles. The van der Waals surface area contributed by atoms with Crippen LogP contribution in [0.1, 0.15) is 18.4 Å². The second-order valence-electron chi connectivity index (χ2n) is 4.95. The Bertz CT molecular complexity index is 732. The molecule has 0 unspecified atom stereocenters. The molecule has 0 saturated carbocycles. The summed E-state index contributed by atoms with van der Waals surface area (Å²) in [6.07, 6.45) is 0.000438. The van der Waals surface area contributed by atoms with Crippen LogP contribution in [-0.2, 0) is 20.9 Å². The number of esters is 1. The third-order valence-electron chi connectivity index (χ3n) is 3.09. The van der Waals surface area contributed by atoms with E-state index in [-0.39, 0.29) is 25.4 Å². The summed E-state index contributed by atoms with van der Waals surface area (Å²) < 4.78 is 5.10. The molecular weight excluding hydrogens is 373 g/mol. The van der Waals surface area contributed by atoms with E-state index in [9.17, 15) is 9.59 Å². The van der Waals surface area contributed by atoms with Crippen LogP contribution in [0.15, 0.2) is 42.5 Å². The number of anilines is 1. The first kappa shape index (κ1) is 18.6. The average Bonchev–Trinajstić information content (AvgIpc) is 2.54. The third-order valence-corrected chi connectivity index (χ3v) is 3.93. The van der Waals surface area contributed by atoms with Crippen molar-refractivity contribution in [2.75, 3.05) is 5.32 Å². The van der Waals surface area contributed by atoms with E-state index in [1.54, 1.807) is 42.5 Å². The number of amides is 1. The highest BCUT2D eigenvalue weighted by molar-refractivity contribution is 6.35. The molecule has 0 fully saturated rings. The molecule has 1 N–H and O–H groups in total. The van der Waals surface area contributed by atoms with Crippen LogP contribution < -0.4 is 5.32 Å². The van der Waals surface area contributed by atoms with Crippen molar-refractivity contribution in [1.29, 1.82) is 0 Å². The summed E-state index contributed by atoms with van der Waals surface area (Å²) in [5, 5.41) is 4.19. The van der Waals surface area contributed by atoms with Gasteiger partial charge in [-0.15, -0.1) is 0 Å². The van der Waals surface area contributed by atoms with Gasteiger partial charge in [-0.05, 0) is 36.4 Å². The number of hydrogen-bond acceptors (Lipinski definition) is 3. The number of ether oxygens (including phenoxy) is 1. The Morgan fingerprint density at radius 2 is 1.58 bits per heavy atom. The van der Waals surface area contributed by atoms with Crippen molar-refractivity contribution in [2.24, 2.45) is 0 Å². The van der Waals surface area contributed by atoms with E-state index in [1.807, 2.05) is 0 Å². The largest absolute Gasteiger partial charge is 0.461 e. The highest BCUT2D eigenvalue weighted by atomic mass is 35.5. The topological polar surface area (TPSA) is 55.4 Å². The average molecular weight is 387 g/mol. The summed E-state index contributed by atoms with van der Waals surface area (Å²) >= 11 is 17.6. The maximum atomic E-state index is 11.8. The molecule has 2 aromatic rings. The van der Waals surface area contributed by atoms with Crippen LogP contribution >= 0.6 is 34.8 Å². The molecule has 0 aliphatic heterocycles. The van der Waals surface area contributed by atoms with E-state index in [0.29, 0.717) is 26.3 Å². The minimum absolute atomic E-state index is 0.0232. The maximum Gasteiger partial charge on any atom is 0.306 e. The van der Waals surface area contributed by atoms with Crippen molar-refractivity contribution in [3.63, 3.8) is 0 Å². The lowest BCUT2D eigenvalue weighted by Crippen LogP contribution is -2.14. The minimum Gasteiger partial charge on any atom is -0.461 e. The number of carbonyl (C=O) groups excluding carboxylic acids is 2. The smallest absolute Gasteiger partial charge is 0.306 e. The lowest BCUT2D eigenvalue weighted by molar-refractivity contribution is -0.145. The van der Waals surface area contributed by atoms with Gasteiger partial charge in [-0.3, -0.25) is 9.59 Å². The molecule has 0 atom stereocenters. The predicted molar refractivity (Wildman–Crippen MR) is 95.6 cm³/mol. The Labute approximate surface area is 154 Å². The highest BCUT2D eigenvalue weighted by Gasteiger charge is 2.10. The fraction of sp³-hybridized carbons (Fsp3) is 0.176. The molecule has 126 valence electrons. The van der Waals surface area contributed by atoms with Gasteiger partial charge >= 0.3 is 5.97 Å². The number of nitrogens with one attached hydrogen (secondary N) is 1. The molecule has 0 radical (unpaired) electrons. The van der Waals surface area contributed by atoms with Crippen LogP contribution in [0, 0.1) is 0 Å². The molecule has 24 heavy (non-hydrogen) atoms. The van der Waals surface area contributed by atoms with Crippen LogP contribution in [0.2, 0.25) is 15.1 Å². The normalized spacial score (nSPS) is 10.3. The SMILES string of the molecule is O=C(CCC(=O)OCc1ccc(Cl)cc1Cl)Nc1ccc(Cl)cc1. The zero-order chi connectivity index (χ0) is 17.5. The second-order valence-corrected chi connectivity index (χ2v) is 6.23. The van der Waals surface area contributed by atoms with Crippen molar-refractivity contribution in [2.45, 2.75) is 19.4 Å². The van der Waals surface area contributed by atoms with Crippen LogP contribution in [-0.4, -0.2) is 11.9 Å². The summed E-state index contributed by atoms with van der Waals surface area (Å²) in [5.41, 5.74) is 1.27. The fourth-order valence-corrected chi connectivity index (χ4v) is 2.43. The highest BCUT2D eigenvalue weighted by Crippen LogP contribution is 2.21. The fourth-order valence-electron chi connectivity index (χ4n) is 1.84. The van der Waals surface area contributed by atoms with Crippen LogP contribution in [0.4, 0.5) is 5.69 Å². The van der Waals surface area contributed by atoms with Gasteiger partial charge in [-0.2, -0.15) is 0 Å². The van der Waals surface area contributed by atoms with Gasteiger partial charge in [0.25, 0.3) is 0 Å². The van der Waals surface area contributed by atoms with Gasteiger partial charge in [0.2, 0.25) is 5.91 Å². The molecule has 7 heteroatoms. The number of carbonyl (C=O) groups is 2. The lowest BCUT2D eigenvalue weighted by atomic mass is 10.2. The van der Waals surface area contributed by atoms with Crippen molar-refractivity contribution in [3.8, 4) is 0 Å². The van der Waals surface area contributed by atoms with Gasteiger partial charge in [0.1, 0.15) is 6.61 Å². The lowest BCUT2D eigenvalue weighted by Gasteiger charge is -2.08. The summed E-state index contributed by atoms with van der Waals surface area (Å²) in [6.45, 7) is 0.0354. The zero-order valence-corrected chi connectivity index (χ0v) is 14.8. The monoisotopic (exact) mass is 385 g/mol. The molecule has 2 rings (SSSR count). The minimum atomic E-state index is -0.479. The third kappa shape index (κ3) is 6.04. The predicted octanol–water partition coefficient (Wildman–Crippen LogP) is 5.11. The van der Waals surface area contributed by atoms with Gasteiger partial charge in [0, 0.05) is 32.7 Å². The molecule has 0 bridgehead atoms. The van der Waals surface area contributed by atoms with Gasteiger partial charge in [-0.1, -0.05) is 40.9 Å². The second kappa shape index (κ2) is 8.92. The molecule has 0 aromatic heterocycles. The van der Waals surface area contributed by atoms with Crippen molar-refractivity contribution in [1.82, 2.24) is 0 Å². The van der Waals surface area contributed by atoms with Gasteiger partial charge < -0.3 is 10.1 Å². The molecule has 0 saturated heterocycles. The summed E-state index contributed by atoms with van der Waals surface area (Å²) in [4.78, 5) is 23.5. The molecule has 1 amide bonds. The summed E-state index contributed by atoms with van der Waals surface area (Å²) in [6, 6.07) is 11.6.